The summed E-state index contributed by atoms with van der Waals surface area (Å²) in [6, 6.07) is 2.83. The lowest BCUT2D eigenvalue weighted by Gasteiger charge is -2.31. The zero-order valence-electron chi connectivity index (χ0n) is 11.7. The van der Waals surface area contributed by atoms with Crippen LogP contribution in [-0.2, 0) is 4.79 Å². The van der Waals surface area contributed by atoms with E-state index in [-0.39, 0.29) is 29.6 Å². The molecule has 7 nitrogen and oxygen atoms in total. The van der Waals surface area contributed by atoms with Gasteiger partial charge in [-0.2, -0.15) is 0 Å². The van der Waals surface area contributed by atoms with Crippen molar-refractivity contribution in [1.29, 1.82) is 0 Å². The molecule has 0 saturated carbocycles. The van der Waals surface area contributed by atoms with Crippen LogP contribution in [0.5, 0.6) is 0 Å². The predicted molar refractivity (Wildman–Crippen MR) is 73.9 cm³/mol. The lowest BCUT2D eigenvalue weighted by Crippen LogP contribution is -2.45. The summed E-state index contributed by atoms with van der Waals surface area (Å²) in [5, 5.41) is 11.7. The maximum Gasteiger partial charge on any atom is 0.338 e. The maximum absolute atomic E-state index is 12.4. The maximum atomic E-state index is 12.4. The number of rotatable bonds is 3. The summed E-state index contributed by atoms with van der Waals surface area (Å²) >= 11 is 0. The van der Waals surface area contributed by atoms with Gasteiger partial charge in [0.15, 0.2) is 0 Å². The van der Waals surface area contributed by atoms with E-state index in [1.807, 2.05) is 0 Å². The van der Waals surface area contributed by atoms with Crippen LogP contribution in [0.4, 0.5) is 0 Å². The molecule has 1 aliphatic rings. The fourth-order valence-corrected chi connectivity index (χ4v) is 2.48. The molecule has 0 aliphatic carbocycles. The van der Waals surface area contributed by atoms with Gasteiger partial charge in [-0.15, -0.1) is 0 Å². The van der Waals surface area contributed by atoms with Crippen molar-refractivity contribution < 1.29 is 19.5 Å². The zero-order chi connectivity index (χ0) is 15.4. The third-order valence-electron chi connectivity index (χ3n) is 3.57. The van der Waals surface area contributed by atoms with Crippen molar-refractivity contribution in [3.8, 4) is 0 Å². The van der Waals surface area contributed by atoms with Crippen LogP contribution in [0.2, 0.25) is 0 Å². The molecular formula is C14H17N3O4. The molecule has 1 unspecified atom stereocenters. The van der Waals surface area contributed by atoms with Gasteiger partial charge in [0.2, 0.25) is 5.91 Å². The first-order chi connectivity index (χ1) is 10.0. The van der Waals surface area contributed by atoms with Crippen LogP contribution in [0.3, 0.4) is 0 Å². The van der Waals surface area contributed by atoms with Gasteiger partial charge in [-0.1, -0.05) is 0 Å². The highest BCUT2D eigenvalue weighted by Crippen LogP contribution is 2.19. The SMILES string of the molecule is CNC(=O)C1CCCN(C(=O)c2ncccc2C(=O)O)C1. The smallest absolute Gasteiger partial charge is 0.338 e. The molecule has 1 atom stereocenters. The highest BCUT2D eigenvalue weighted by Gasteiger charge is 2.30. The Balaban J connectivity index is 2.20. The number of hydrogen-bond acceptors (Lipinski definition) is 4. The van der Waals surface area contributed by atoms with Crippen molar-refractivity contribution in [3.05, 3.63) is 29.6 Å². The molecule has 1 aromatic rings. The van der Waals surface area contributed by atoms with Gasteiger partial charge in [0.1, 0.15) is 5.69 Å². The molecule has 1 fully saturated rings. The second kappa shape index (κ2) is 6.34. The number of amides is 2. The van der Waals surface area contributed by atoms with Crippen LogP contribution in [0.25, 0.3) is 0 Å². The van der Waals surface area contributed by atoms with Crippen molar-refractivity contribution >= 4 is 17.8 Å². The average molecular weight is 291 g/mol. The standard InChI is InChI=1S/C14H17N3O4/c1-15-12(18)9-4-3-7-17(8-9)13(19)11-10(14(20)21)5-2-6-16-11/h2,5-6,9H,3-4,7-8H2,1H3,(H,15,18)(H,20,21). The number of carboxylic acids is 1. The summed E-state index contributed by atoms with van der Waals surface area (Å²) in [6.45, 7) is 0.788. The van der Waals surface area contributed by atoms with Crippen molar-refractivity contribution in [3.63, 3.8) is 0 Å². The fourth-order valence-electron chi connectivity index (χ4n) is 2.48. The van der Waals surface area contributed by atoms with E-state index in [1.165, 1.54) is 23.2 Å². The largest absolute Gasteiger partial charge is 0.478 e. The molecule has 2 heterocycles. The normalized spacial score (nSPS) is 18.1. The Hall–Kier alpha value is -2.44. The second-order valence-corrected chi connectivity index (χ2v) is 4.91. The molecule has 2 rings (SSSR count). The topological polar surface area (TPSA) is 99.6 Å². The molecule has 1 aromatic heterocycles. The average Bonchev–Trinajstić information content (AvgIpc) is 2.53. The summed E-state index contributed by atoms with van der Waals surface area (Å²) in [4.78, 5) is 40.7. The molecule has 112 valence electrons. The van der Waals surface area contributed by atoms with Crippen LogP contribution in [-0.4, -0.2) is 52.9 Å². The monoisotopic (exact) mass is 291 g/mol. The van der Waals surface area contributed by atoms with Crippen molar-refractivity contribution in [2.45, 2.75) is 12.8 Å². The fraction of sp³-hybridized carbons (Fsp3) is 0.429. The number of nitrogens with one attached hydrogen (secondary N) is 1. The number of pyridine rings is 1. The molecule has 7 heteroatoms. The zero-order valence-corrected chi connectivity index (χ0v) is 11.7. The van der Waals surface area contributed by atoms with E-state index in [9.17, 15) is 14.4 Å². The number of carboxylic acid groups (broad SMARTS) is 1. The van der Waals surface area contributed by atoms with Gasteiger partial charge in [-0.3, -0.25) is 14.6 Å². The molecule has 2 N–H and O–H groups in total. The first-order valence-electron chi connectivity index (χ1n) is 6.73. The molecule has 1 aliphatic heterocycles. The third-order valence-corrected chi connectivity index (χ3v) is 3.57. The minimum atomic E-state index is -1.19. The highest BCUT2D eigenvalue weighted by atomic mass is 16.4. The van der Waals surface area contributed by atoms with Crippen LogP contribution < -0.4 is 5.32 Å². The number of aromatic carboxylic acids is 1. The second-order valence-electron chi connectivity index (χ2n) is 4.91. The molecule has 1 saturated heterocycles. The van der Waals surface area contributed by atoms with E-state index in [4.69, 9.17) is 5.11 Å². The summed E-state index contributed by atoms with van der Waals surface area (Å²) in [7, 11) is 1.56. The van der Waals surface area contributed by atoms with E-state index in [0.717, 1.165) is 6.42 Å². The quantitative estimate of drug-likeness (QED) is 0.838. The molecule has 0 bridgehead atoms. The molecule has 0 aromatic carbocycles. The summed E-state index contributed by atoms with van der Waals surface area (Å²) in [5.74, 6) is -2.00. The summed E-state index contributed by atoms with van der Waals surface area (Å²) < 4.78 is 0. The van der Waals surface area contributed by atoms with E-state index < -0.39 is 11.9 Å². The molecule has 2 amide bonds. The van der Waals surface area contributed by atoms with Gasteiger partial charge in [0, 0.05) is 26.3 Å². The number of piperidine rings is 1. The minimum Gasteiger partial charge on any atom is -0.478 e. The Morgan fingerprint density at radius 2 is 2.19 bits per heavy atom. The van der Waals surface area contributed by atoms with Gasteiger partial charge >= 0.3 is 5.97 Å². The molecule has 0 spiro atoms. The minimum absolute atomic E-state index is 0.0810. The van der Waals surface area contributed by atoms with E-state index in [1.54, 1.807) is 7.05 Å². The van der Waals surface area contributed by atoms with E-state index in [2.05, 4.69) is 10.3 Å². The number of hydrogen-bond donors (Lipinski definition) is 2. The molecule has 21 heavy (non-hydrogen) atoms. The van der Waals surface area contributed by atoms with Crippen LogP contribution in [0.15, 0.2) is 18.3 Å². The lowest BCUT2D eigenvalue weighted by atomic mass is 9.96. The summed E-state index contributed by atoms with van der Waals surface area (Å²) in [5.41, 5.74) is -0.202. The lowest BCUT2D eigenvalue weighted by molar-refractivity contribution is -0.125. The number of carbonyl (C=O) groups excluding carboxylic acids is 2. The van der Waals surface area contributed by atoms with Gasteiger partial charge in [0.05, 0.1) is 11.5 Å². The van der Waals surface area contributed by atoms with E-state index >= 15 is 0 Å². The van der Waals surface area contributed by atoms with Gasteiger partial charge in [-0.25, -0.2) is 4.79 Å². The Morgan fingerprint density at radius 3 is 2.86 bits per heavy atom. The van der Waals surface area contributed by atoms with Crippen LogP contribution in [0, 0.1) is 5.92 Å². The Kier molecular flexibility index (Phi) is 4.52. The first-order valence-corrected chi connectivity index (χ1v) is 6.73. The van der Waals surface area contributed by atoms with Gasteiger partial charge in [-0.05, 0) is 25.0 Å². The molecule has 0 radical (unpaired) electrons. The first kappa shape index (κ1) is 15.0. The van der Waals surface area contributed by atoms with Crippen molar-refractivity contribution in [2.75, 3.05) is 20.1 Å². The number of aromatic nitrogens is 1. The van der Waals surface area contributed by atoms with Crippen molar-refractivity contribution in [2.24, 2.45) is 5.92 Å². The number of nitrogens with zero attached hydrogens (tertiary/aromatic N) is 2. The molecular weight excluding hydrogens is 274 g/mol. The Morgan fingerprint density at radius 1 is 1.43 bits per heavy atom. The van der Waals surface area contributed by atoms with Gasteiger partial charge in [0.25, 0.3) is 5.91 Å². The third kappa shape index (κ3) is 3.18. The highest BCUT2D eigenvalue weighted by molar-refractivity contribution is 6.03. The van der Waals surface area contributed by atoms with Crippen LogP contribution in [0.1, 0.15) is 33.7 Å². The Labute approximate surface area is 122 Å². The van der Waals surface area contributed by atoms with Crippen LogP contribution >= 0.6 is 0 Å². The predicted octanol–water partition coefficient (Wildman–Crippen LogP) is 0.378. The van der Waals surface area contributed by atoms with Crippen molar-refractivity contribution in [1.82, 2.24) is 15.2 Å². The number of carbonyl (C=O) groups is 3. The summed E-state index contributed by atoms with van der Waals surface area (Å²) in [6.07, 6.45) is 2.82. The van der Waals surface area contributed by atoms with E-state index in [0.29, 0.717) is 13.0 Å². The van der Waals surface area contributed by atoms with Gasteiger partial charge < -0.3 is 15.3 Å². The Bertz CT molecular complexity index is 573. The number of likely N-dealkylation sites (tertiary alicyclic amines) is 1.